The second-order valence-corrected chi connectivity index (χ2v) is 7.69. The number of hydroxylamine groups is 1. The number of hydrazine groups is 1. The Morgan fingerprint density at radius 2 is 2.26 bits per heavy atom. The van der Waals surface area contributed by atoms with Gasteiger partial charge in [0.25, 0.3) is 0 Å². The third kappa shape index (κ3) is 3.73. The summed E-state index contributed by atoms with van der Waals surface area (Å²) in [6, 6.07) is 6.51. The number of nitrogens with zero attached hydrogens (tertiary/aromatic N) is 1. The third-order valence-electron chi connectivity index (χ3n) is 5.89. The predicted molar refractivity (Wildman–Crippen MR) is 100.0 cm³/mol. The predicted octanol–water partition coefficient (Wildman–Crippen LogP) is 0.0763. The van der Waals surface area contributed by atoms with Gasteiger partial charge in [-0.15, -0.1) is 0 Å². The first-order valence-electron chi connectivity index (χ1n) is 9.78. The molecule has 0 radical (unpaired) electrons. The largest absolute Gasteiger partial charge is 0.395 e. The summed E-state index contributed by atoms with van der Waals surface area (Å²) in [5, 5.41) is 17.6. The van der Waals surface area contributed by atoms with Crippen LogP contribution < -0.4 is 21.5 Å². The summed E-state index contributed by atoms with van der Waals surface area (Å²) in [6.45, 7) is 5.27. The number of hydrogen-bond acceptors (Lipinski definition) is 7. The van der Waals surface area contributed by atoms with Gasteiger partial charge in [-0.05, 0) is 43.4 Å². The van der Waals surface area contributed by atoms with Crippen LogP contribution in [-0.2, 0) is 16.1 Å². The Bertz CT molecular complexity index is 700. The molecule has 148 valence electrons. The lowest BCUT2D eigenvalue weighted by Gasteiger charge is -2.23. The molecule has 5 atom stereocenters. The normalized spacial score (nSPS) is 33.4. The van der Waals surface area contributed by atoms with E-state index in [-0.39, 0.29) is 42.9 Å². The number of carbonyl (C=O) groups excluding carboxylic acids is 1. The van der Waals surface area contributed by atoms with Gasteiger partial charge in [0.05, 0.1) is 24.7 Å². The van der Waals surface area contributed by atoms with E-state index >= 15 is 0 Å². The molecule has 8 heteroatoms. The Morgan fingerprint density at radius 1 is 1.41 bits per heavy atom. The Kier molecular flexibility index (Phi) is 5.45. The molecule has 0 bridgehead atoms. The van der Waals surface area contributed by atoms with Crippen LogP contribution in [0.25, 0.3) is 0 Å². The van der Waals surface area contributed by atoms with Gasteiger partial charge in [0.2, 0.25) is 5.91 Å². The maximum atomic E-state index is 12.8. The second-order valence-electron chi connectivity index (χ2n) is 7.69. The highest BCUT2D eigenvalue weighted by Crippen LogP contribution is 2.34. The number of carbonyl (C=O) groups is 1. The number of hydrogen-bond donors (Lipinski definition) is 5. The molecule has 0 saturated carbocycles. The fraction of sp³-hybridized carbons (Fsp3) is 0.632. The maximum absolute atomic E-state index is 12.8. The number of aliphatic hydroxyl groups excluding tert-OH is 1. The fourth-order valence-corrected chi connectivity index (χ4v) is 4.31. The zero-order valence-electron chi connectivity index (χ0n) is 15.9. The lowest BCUT2D eigenvalue weighted by Crippen LogP contribution is -2.42. The number of benzene rings is 1. The molecular weight excluding hydrogens is 346 g/mol. The van der Waals surface area contributed by atoms with E-state index in [9.17, 15) is 4.79 Å². The number of fused-ring (bicyclic) bond motifs is 1. The van der Waals surface area contributed by atoms with Crippen LogP contribution >= 0.6 is 0 Å². The molecule has 1 aromatic carbocycles. The van der Waals surface area contributed by atoms with E-state index in [4.69, 9.17) is 9.94 Å². The van der Waals surface area contributed by atoms with Crippen molar-refractivity contribution < 1.29 is 14.7 Å². The van der Waals surface area contributed by atoms with Gasteiger partial charge in [0, 0.05) is 19.1 Å². The molecule has 0 spiro atoms. The van der Waals surface area contributed by atoms with E-state index in [1.54, 1.807) is 0 Å². The van der Waals surface area contributed by atoms with Gasteiger partial charge in [-0.25, -0.2) is 5.01 Å². The lowest BCUT2D eigenvalue weighted by molar-refractivity contribution is -0.126. The van der Waals surface area contributed by atoms with E-state index in [1.807, 2.05) is 18.9 Å². The van der Waals surface area contributed by atoms with Gasteiger partial charge in [-0.3, -0.25) is 20.4 Å². The first-order valence-corrected chi connectivity index (χ1v) is 9.78. The third-order valence-corrected chi connectivity index (χ3v) is 5.89. The smallest absolute Gasteiger partial charge is 0.226 e. The lowest BCUT2D eigenvalue weighted by atomic mass is 10.00. The van der Waals surface area contributed by atoms with E-state index in [1.165, 1.54) is 11.1 Å². The van der Waals surface area contributed by atoms with Crippen molar-refractivity contribution in [3.8, 4) is 0 Å². The van der Waals surface area contributed by atoms with Crippen molar-refractivity contribution in [2.45, 2.75) is 51.2 Å². The zero-order chi connectivity index (χ0) is 19.0. The monoisotopic (exact) mass is 375 g/mol. The highest BCUT2D eigenvalue weighted by molar-refractivity contribution is 5.80. The summed E-state index contributed by atoms with van der Waals surface area (Å²) in [7, 11) is 0. The number of rotatable bonds is 5. The topological polar surface area (TPSA) is 97.9 Å². The molecule has 1 amide bonds. The minimum Gasteiger partial charge on any atom is -0.395 e. The first-order chi connectivity index (χ1) is 13.1. The summed E-state index contributed by atoms with van der Waals surface area (Å²) in [6.07, 6.45) is 1.87. The summed E-state index contributed by atoms with van der Waals surface area (Å²) in [5.41, 5.74) is 9.72. The zero-order valence-corrected chi connectivity index (χ0v) is 15.9. The molecule has 2 heterocycles. The summed E-state index contributed by atoms with van der Waals surface area (Å²) < 4.78 is 0. The summed E-state index contributed by atoms with van der Waals surface area (Å²) in [5.74, 6) is -0.0280. The number of β-amino-alcohol motifs (C(OH)–C–C–N with tert-alkyl or cyclic N) is 1. The van der Waals surface area contributed by atoms with Gasteiger partial charge < -0.3 is 10.4 Å². The van der Waals surface area contributed by atoms with Gasteiger partial charge in [0.15, 0.2) is 6.23 Å². The summed E-state index contributed by atoms with van der Waals surface area (Å²) in [4.78, 5) is 18.4. The number of aliphatic hydroxyl groups is 1. The van der Waals surface area contributed by atoms with Crippen molar-refractivity contribution in [2.75, 3.05) is 19.7 Å². The average molecular weight is 375 g/mol. The minimum absolute atomic E-state index is 0.0650. The van der Waals surface area contributed by atoms with Crippen molar-refractivity contribution in [3.05, 3.63) is 34.9 Å². The summed E-state index contributed by atoms with van der Waals surface area (Å²) >= 11 is 0. The fourth-order valence-electron chi connectivity index (χ4n) is 4.31. The van der Waals surface area contributed by atoms with Crippen molar-refractivity contribution in [2.24, 2.45) is 5.92 Å². The molecule has 2 saturated heterocycles. The van der Waals surface area contributed by atoms with E-state index in [0.29, 0.717) is 13.1 Å². The van der Waals surface area contributed by atoms with Crippen molar-refractivity contribution >= 4 is 5.91 Å². The quantitative estimate of drug-likeness (QED) is 0.497. The van der Waals surface area contributed by atoms with Gasteiger partial charge >= 0.3 is 0 Å². The first kappa shape index (κ1) is 18.8. The molecule has 2 fully saturated rings. The maximum Gasteiger partial charge on any atom is 0.226 e. The second kappa shape index (κ2) is 7.83. The molecule has 0 aromatic heterocycles. The van der Waals surface area contributed by atoms with Crippen LogP contribution in [0.15, 0.2) is 18.2 Å². The van der Waals surface area contributed by atoms with Crippen molar-refractivity contribution in [1.29, 1.82) is 0 Å². The van der Waals surface area contributed by atoms with E-state index in [2.05, 4.69) is 39.7 Å². The molecule has 3 aliphatic rings. The number of amides is 1. The van der Waals surface area contributed by atoms with Crippen LogP contribution in [0.1, 0.15) is 49.2 Å². The minimum atomic E-state index is -0.137. The van der Waals surface area contributed by atoms with Crippen LogP contribution in [-0.4, -0.2) is 47.9 Å². The molecule has 5 N–H and O–H groups in total. The van der Waals surface area contributed by atoms with Gasteiger partial charge in [-0.2, -0.15) is 5.48 Å². The number of aryl methyl sites for hydroxylation is 1. The Hall–Kier alpha value is -1.55. The Morgan fingerprint density at radius 3 is 3.00 bits per heavy atom. The molecule has 2 aliphatic heterocycles. The van der Waals surface area contributed by atoms with Crippen LogP contribution in [0.4, 0.5) is 0 Å². The van der Waals surface area contributed by atoms with E-state index in [0.717, 1.165) is 18.4 Å². The molecule has 27 heavy (non-hydrogen) atoms. The number of nitrogens with one attached hydrogen (secondary N) is 4. The Labute approximate surface area is 159 Å². The average Bonchev–Trinajstić information content (AvgIpc) is 3.35. The SMILES string of the molecule is CC1NOC(c2ccc3c(c2)CC[C@H]3NC(=O)C2CNN(CCO)C2C)N1. The molecule has 1 aliphatic carbocycles. The Balaban J connectivity index is 1.40. The van der Waals surface area contributed by atoms with Gasteiger partial charge in [0.1, 0.15) is 0 Å². The molecule has 4 rings (SSSR count). The highest BCUT2D eigenvalue weighted by Gasteiger charge is 2.37. The van der Waals surface area contributed by atoms with Crippen molar-refractivity contribution in [1.82, 2.24) is 26.5 Å². The molecular formula is C19H29N5O3. The standard InChI is InChI=1S/C19H29N5O3/c1-11-16(10-20-24(11)7-8-25)18(26)22-17-6-4-13-9-14(3-5-15(13)17)19-21-12(2)23-27-19/h3,5,9,11-12,16-17,19-21,23,25H,4,6-8,10H2,1-2H3,(H,22,26)/t11?,12?,16?,17-,19?/m1/s1. The highest BCUT2D eigenvalue weighted by atomic mass is 16.7. The molecule has 4 unspecified atom stereocenters. The molecule has 1 aromatic rings. The van der Waals surface area contributed by atoms with Crippen LogP contribution in [0.3, 0.4) is 0 Å². The van der Waals surface area contributed by atoms with Crippen molar-refractivity contribution in [3.63, 3.8) is 0 Å². The van der Waals surface area contributed by atoms with Gasteiger partial charge in [-0.1, -0.05) is 18.2 Å². The van der Waals surface area contributed by atoms with Crippen LogP contribution in [0.5, 0.6) is 0 Å². The molecule has 8 nitrogen and oxygen atoms in total. The van der Waals surface area contributed by atoms with Crippen LogP contribution in [0.2, 0.25) is 0 Å². The van der Waals surface area contributed by atoms with E-state index < -0.39 is 0 Å². The van der Waals surface area contributed by atoms with Crippen LogP contribution in [0, 0.1) is 5.92 Å².